The second kappa shape index (κ2) is 7.94. The molecular formula is C30H25N3O. The third-order valence-electron chi connectivity index (χ3n) is 6.50. The highest BCUT2D eigenvalue weighted by Gasteiger charge is 2.18. The van der Waals surface area contributed by atoms with E-state index in [1.54, 1.807) is 0 Å². The number of benzene rings is 4. The van der Waals surface area contributed by atoms with Crippen LogP contribution in [0.3, 0.4) is 0 Å². The van der Waals surface area contributed by atoms with Crippen LogP contribution in [0.5, 0.6) is 0 Å². The smallest absolute Gasteiger partial charge is 0.135 e. The maximum atomic E-state index is 6.24. The first-order valence-electron chi connectivity index (χ1n) is 11.5. The van der Waals surface area contributed by atoms with Gasteiger partial charge in [-0.05, 0) is 66.6 Å². The van der Waals surface area contributed by atoms with Crippen LogP contribution in [0, 0.1) is 0 Å². The second-order valence-corrected chi connectivity index (χ2v) is 8.51. The molecule has 0 aliphatic rings. The van der Waals surface area contributed by atoms with Crippen molar-refractivity contribution in [2.75, 3.05) is 5.73 Å². The van der Waals surface area contributed by atoms with Crippen molar-refractivity contribution in [2.45, 2.75) is 13.5 Å². The van der Waals surface area contributed by atoms with Crippen LogP contribution in [0.15, 0.2) is 95.4 Å². The Kier molecular flexibility index (Phi) is 4.75. The van der Waals surface area contributed by atoms with Gasteiger partial charge in [0.25, 0.3) is 0 Å². The van der Waals surface area contributed by atoms with Gasteiger partial charge < -0.3 is 20.5 Å². The highest BCUT2D eigenvalue weighted by atomic mass is 16.3. The van der Waals surface area contributed by atoms with Gasteiger partial charge in [0.2, 0.25) is 0 Å². The van der Waals surface area contributed by atoms with E-state index in [2.05, 4.69) is 77.4 Å². The number of allylic oxidation sites excluding steroid dienone is 1. The van der Waals surface area contributed by atoms with Crippen molar-refractivity contribution >= 4 is 44.6 Å². The molecule has 2 heterocycles. The molecule has 6 aromatic rings. The summed E-state index contributed by atoms with van der Waals surface area (Å²) in [5, 5.41) is 3.27. The average Bonchev–Trinajstić information content (AvgIpc) is 3.38. The molecule has 0 aliphatic heterocycles. The third kappa shape index (κ3) is 3.04. The number of aromatic nitrogens is 1. The number of anilines is 1. The molecule has 166 valence electrons. The Bertz CT molecular complexity index is 1720. The van der Waals surface area contributed by atoms with Gasteiger partial charge >= 0.3 is 0 Å². The first-order valence-corrected chi connectivity index (χ1v) is 11.5. The lowest BCUT2D eigenvalue weighted by atomic mass is 10.0. The van der Waals surface area contributed by atoms with E-state index in [4.69, 9.17) is 15.9 Å². The fourth-order valence-corrected chi connectivity index (χ4v) is 5.01. The Labute approximate surface area is 197 Å². The topological polar surface area (TPSA) is 70.1 Å². The van der Waals surface area contributed by atoms with Crippen molar-refractivity contribution in [2.24, 2.45) is 5.73 Å². The molecule has 6 rings (SSSR count). The largest absolute Gasteiger partial charge is 0.456 e. The molecule has 2 aromatic heterocycles. The minimum Gasteiger partial charge on any atom is -0.456 e. The van der Waals surface area contributed by atoms with Gasteiger partial charge in [-0.3, -0.25) is 0 Å². The van der Waals surface area contributed by atoms with Crippen molar-refractivity contribution < 1.29 is 4.42 Å². The highest BCUT2D eigenvalue weighted by Crippen LogP contribution is 2.38. The Morgan fingerprint density at radius 3 is 2.38 bits per heavy atom. The lowest BCUT2D eigenvalue weighted by Gasteiger charge is -2.15. The van der Waals surface area contributed by atoms with Crippen molar-refractivity contribution in [3.8, 4) is 16.8 Å². The van der Waals surface area contributed by atoms with Crippen molar-refractivity contribution in [3.63, 3.8) is 0 Å². The maximum absolute atomic E-state index is 6.24. The molecule has 0 saturated heterocycles. The van der Waals surface area contributed by atoms with Crippen LogP contribution in [0.4, 0.5) is 5.69 Å². The van der Waals surface area contributed by atoms with Crippen LogP contribution in [0.2, 0.25) is 0 Å². The number of nitrogens with two attached hydrogens (primary N) is 2. The van der Waals surface area contributed by atoms with Crippen LogP contribution < -0.4 is 11.5 Å². The van der Waals surface area contributed by atoms with E-state index in [0.29, 0.717) is 6.54 Å². The fourth-order valence-electron chi connectivity index (χ4n) is 5.01. The predicted octanol–water partition coefficient (Wildman–Crippen LogP) is 7.27. The number of hydrogen-bond donors (Lipinski definition) is 2. The SMILES string of the molecule is C/C=C\c1c(CN)c2ccccc2n1-c1ccccc1-c1ccc2oc3ccc(N)cc3c2c1. The molecule has 0 radical (unpaired) electrons. The van der Waals surface area contributed by atoms with Gasteiger partial charge in [-0.2, -0.15) is 0 Å². The summed E-state index contributed by atoms with van der Waals surface area (Å²) in [6, 6.07) is 29.1. The van der Waals surface area contributed by atoms with E-state index in [0.717, 1.165) is 61.2 Å². The minimum absolute atomic E-state index is 0.476. The van der Waals surface area contributed by atoms with E-state index < -0.39 is 0 Å². The fraction of sp³-hybridized carbons (Fsp3) is 0.0667. The van der Waals surface area contributed by atoms with Gasteiger partial charge in [-0.1, -0.05) is 48.5 Å². The van der Waals surface area contributed by atoms with Gasteiger partial charge in [0.15, 0.2) is 0 Å². The summed E-state index contributed by atoms with van der Waals surface area (Å²) in [5.74, 6) is 0. The molecule has 0 saturated carbocycles. The molecule has 4 N–H and O–H groups in total. The summed E-state index contributed by atoms with van der Waals surface area (Å²) in [4.78, 5) is 0. The predicted molar refractivity (Wildman–Crippen MR) is 143 cm³/mol. The summed E-state index contributed by atoms with van der Waals surface area (Å²) in [6.45, 7) is 2.52. The molecule has 0 fully saturated rings. The Morgan fingerprint density at radius 2 is 1.56 bits per heavy atom. The highest BCUT2D eigenvalue weighted by molar-refractivity contribution is 6.07. The summed E-state index contributed by atoms with van der Waals surface area (Å²) in [7, 11) is 0. The molecule has 4 aromatic carbocycles. The second-order valence-electron chi connectivity index (χ2n) is 8.51. The van der Waals surface area contributed by atoms with Gasteiger partial charge in [-0.25, -0.2) is 0 Å². The maximum Gasteiger partial charge on any atom is 0.135 e. The zero-order valence-electron chi connectivity index (χ0n) is 19.0. The van der Waals surface area contributed by atoms with Crippen molar-refractivity contribution in [1.29, 1.82) is 0 Å². The molecular weight excluding hydrogens is 418 g/mol. The monoisotopic (exact) mass is 443 g/mol. The number of furan rings is 1. The standard InChI is InChI=1S/C30H25N3O/c1-2-7-26-25(18-31)22-9-4-6-11-28(22)33(26)27-10-5-3-8-21(27)19-12-14-29-23(16-19)24-17-20(32)13-15-30(24)34-29/h2-17H,18,31-32H2,1H3/b7-2-. The van der Waals surface area contributed by atoms with E-state index in [1.807, 2.05) is 31.2 Å². The summed E-state index contributed by atoms with van der Waals surface area (Å²) in [5.41, 5.74) is 21.5. The minimum atomic E-state index is 0.476. The van der Waals surface area contributed by atoms with Gasteiger partial charge in [0, 0.05) is 34.0 Å². The lowest BCUT2D eigenvalue weighted by molar-refractivity contribution is 0.669. The van der Waals surface area contributed by atoms with Crippen molar-refractivity contribution in [3.05, 3.63) is 102 Å². The van der Waals surface area contributed by atoms with E-state index >= 15 is 0 Å². The van der Waals surface area contributed by atoms with E-state index in [1.165, 1.54) is 5.39 Å². The van der Waals surface area contributed by atoms with Crippen LogP contribution in [0.1, 0.15) is 18.2 Å². The summed E-state index contributed by atoms with van der Waals surface area (Å²) < 4.78 is 8.38. The molecule has 0 aliphatic carbocycles. The summed E-state index contributed by atoms with van der Waals surface area (Å²) >= 11 is 0. The molecule has 0 amide bonds. The molecule has 0 atom stereocenters. The van der Waals surface area contributed by atoms with Crippen LogP contribution in [-0.4, -0.2) is 4.57 Å². The quantitative estimate of drug-likeness (QED) is 0.281. The molecule has 0 bridgehead atoms. The average molecular weight is 444 g/mol. The van der Waals surface area contributed by atoms with Gasteiger partial charge in [0.1, 0.15) is 11.2 Å². The Hall–Kier alpha value is -4.28. The van der Waals surface area contributed by atoms with Crippen LogP contribution >= 0.6 is 0 Å². The van der Waals surface area contributed by atoms with Gasteiger partial charge in [-0.15, -0.1) is 0 Å². The number of hydrogen-bond acceptors (Lipinski definition) is 3. The first kappa shape index (κ1) is 20.3. The number of rotatable bonds is 4. The number of fused-ring (bicyclic) bond motifs is 4. The molecule has 4 nitrogen and oxygen atoms in total. The number of nitrogen functional groups attached to an aromatic ring is 1. The lowest BCUT2D eigenvalue weighted by Crippen LogP contribution is -2.02. The molecule has 34 heavy (non-hydrogen) atoms. The Morgan fingerprint density at radius 1 is 0.824 bits per heavy atom. The third-order valence-corrected chi connectivity index (χ3v) is 6.50. The van der Waals surface area contributed by atoms with Gasteiger partial charge in [0.05, 0.1) is 16.9 Å². The van der Waals surface area contributed by atoms with E-state index in [9.17, 15) is 0 Å². The molecule has 0 spiro atoms. The van der Waals surface area contributed by atoms with Crippen LogP contribution in [0.25, 0.3) is 55.7 Å². The first-order chi connectivity index (χ1) is 16.7. The molecule has 4 heteroatoms. The molecule has 0 unspecified atom stereocenters. The number of nitrogens with zero attached hydrogens (tertiary/aromatic N) is 1. The number of para-hydroxylation sites is 2. The zero-order chi connectivity index (χ0) is 23.2. The Balaban J connectivity index is 1.65. The van der Waals surface area contributed by atoms with E-state index in [-0.39, 0.29) is 0 Å². The normalized spacial score (nSPS) is 11.9. The van der Waals surface area contributed by atoms with Crippen LogP contribution in [-0.2, 0) is 6.54 Å². The summed E-state index contributed by atoms with van der Waals surface area (Å²) in [6.07, 6.45) is 4.22. The zero-order valence-corrected chi connectivity index (χ0v) is 19.0. The van der Waals surface area contributed by atoms with Crippen molar-refractivity contribution in [1.82, 2.24) is 4.57 Å².